The van der Waals surface area contributed by atoms with Crippen LogP contribution in [0, 0.1) is 114 Å². The highest BCUT2D eigenvalue weighted by Gasteiger charge is 2.70. The van der Waals surface area contributed by atoms with E-state index >= 15 is 0 Å². The first-order chi connectivity index (χ1) is 63.4. The Labute approximate surface area is 799 Å². The number of hydrogen-bond donors (Lipinski definition) is 0. The summed E-state index contributed by atoms with van der Waals surface area (Å²) in [5, 5.41) is 0. The van der Waals surface area contributed by atoms with Crippen molar-refractivity contribution in [2.24, 2.45) is 114 Å². The van der Waals surface area contributed by atoms with E-state index in [4.69, 9.17) is 71.1 Å². The van der Waals surface area contributed by atoms with Gasteiger partial charge in [-0.15, -0.1) is 0 Å². The van der Waals surface area contributed by atoms with Crippen molar-refractivity contribution in [3.63, 3.8) is 0 Å². The van der Waals surface area contributed by atoms with Crippen molar-refractivity contribution in [3.8, 4) is 0 Å². The highest BCUT2D eigenvalue weighted by Crippen LogP contribution is 2.72. The second-order valence-electron chi connectivity index (χ2n) is 47.4. The molecule has 748 valence electrons. The van der Waals surface area contributed by atoms with E-state index in [9.17, 15) is 38.4 Å². The minimum Gasteiger partial charge on any atom is -0.466 e. The summed E-state index contributed by atoms with van der Waals surface area (Å²) >= 11 is 0. The molecular weight excluding hydrogens is 1700 g/mol. The van der Waals surface area contributed by atoms with Crippen LogP contribution in [0.15, 0.2) is 46.6 Å². The average Bonchev–Trinajstić information content (AvgIpc) is 1.62. The second-order valence-corrected chi connectivity index (χ2v) is 47.4. The number of rotatable bonds is 13. The van der Waals surface area contributed by atoms with Crippen LogP contribution in [0.25, 0.3) is 0 Å². The predicted octanol–water partition coefficient (Wildman–Crippen LogP) is 20.3. The van der Waals surface area contributed by atoms with Crippen LogP contribution < -0.4 is 0 Å². The fourth-order valence-electron chi connectivity index (χ4n) is 33.4. The van der Waals surface area contributed by atoms with Crippen molar-refractivity contribution < 1.29 is 109 Å². The normalized spacial score (nSPS) is 41.6. The Morgan fingerprint density at radius 1 is 0.381 bits per heavy atom. The smallest absolute Gasteiger partial charge is 0.313 e. The van der Waals surface area contributed by atoms with Crippen molar-refractivity contribution in [2.45, 2.75) is 388 Å². The molecule has 16 aliphatic carbocycles. The van der Waals surface area contributed by atoms with Crippen molar-refractivity contribution in [3.05, 3.63) is 46.6 Å². The molecule has 0 bridgehead atoms. The molecular formula is C111H166O23. The molecule has 4 spiro atoms. The number of allylic oxidation sites excluding steroid dienone is 5. The van der Waals surface area contributed by atoms with E-state index in [0.29, 0.717) is 179 Å². The minimum atomic E-state index is -0.551. The van der Waals surface area contributed by atoms with Gasteiger partial charge in [-0.25, -0.2) is 0 Å². The highest BCUT2D eigenvalue weighted by molar-refractivity contribution is 5.98. The van der Waals surface area contributed by atoms with Crippen LogP contribution in [-0.4, -0.2) is 186 Å². The van der Waals surface area contributed by atoms with Crippen LogP contribution in [-0.2, 0) is 109 Å². The number of hydrogen-bond acceptors (Lipinski definition) is 23. The molecule has 23 heteroatoms. The van der Waals surface area contributed by atoms with E-state index in [1.54, 1.807) is 12.5 Å². The third-order valence-corrected chi connectivity index (χ3v) is 41.3. The van der Waals surface area contributed by atoms with E-state index in [0.717, 1.165) is 236 Å². The van der Waals surface area contributed by atoms with Gasteiger partial charge in [0.25, 0.3) is 0 Å². The van der Waals surface area contributed by atoms with Gasteiger partial charge >= 0.3 is 5.97 Å². The molecule has 0 aromatic rings. The van der Waals surface area contributed by atoms with E-state index in [1.807, 2.05) is 26.8 Å². The molecule has 20 atom stereocenters. The Morgan fingerprint density at radius 2 is 0.836 bits per heavy atom. The summed E-state index contributed by atoms with van der Waals surface area (Å²) < 4.78 is 87.3. The molecule has 20 fully saturated rings. The van der Waals surface area contributed by atoms with Crippen LogP contribution in [0.3, 0.4) is 0 Å². The van der Waals surface area contributed by atoms with Crippen LogP contribution in [0.5, 0.6) is 0 Å². The zero-order valence-electron chi connectivity index (χ0n) is 83.1. The van der Waals surface area contributed by atoms with Crippen LogP contribution >= 0.6 is 0 Å². The van der Waals surface area contributed by atoms with Gasteiger partial charge in [0.1, 0.15) is 29.6 Å². The summed E-state index contributed by atoms with van der Waals surface area (Å²) in [6.07, 6.45) is 41.6. The molecule has 23 rings (SSSR count). The molecule has 134 heavy (non-hydrogen) atoms. The monoisotopic (exact) mass is 1870 g/mol. The lowest BCUT2D eigenvalue weighted by Gasteiger charge is -2.58. The van der Waals surface area contributed by atoms with Gasteiger partial charge in [-0.2, -0.15) is 0 Å². The Kier molecular flexibility index (Phi) is 29.2. The van der Waals surface area contributed by atoms with Gasteiger partial charge < -0.3 is 71.1 Å². The first-order valence-corrected chi connectivity index (χ1v) is 53.0. The van der Waals surface area contributed by atoms with Crippen molar-refractivity contribution >= 4 is 46.5 Å². The summed E-state index contributed by atoms with van der Waals surface area (Å²) in [5.41, 5.74) is 6.71. The maximum Gasteiger partial charge on any atom is 0.313 e. The van der Waals surface area contributed by atoms with E-state index in [1.165, 1.54) is 56.1 Å². The summed E-state index contributed by atoms with van der Waals surface area (Å²) in [6, 6.07) is 0. The van der Waals surface area contributed by atoms with Crippen molar-refractivity contribution in [1.82, 2.24) is 0 Å². The lowest BCUT2D eigenvalue weighted by molar-refractivity contribution is -0.243. The van der Waals surface area contributed by atoms with Crippen LogP contribution in [0.4, 0.5) is 0 Å². The van der Waals surface area contributed by atoms with Crippen molar-refractivity contribution in [1.29, 1.82) is 0 Å². The van der Waals surface area contributed by atoms with E-state index in [-0.39, 0.29) is 80.8 Å². The molecule has 0 radical (unpaired) electrons. The summed E-state index contributed by atoms with van der Waals surface area (Å²) in [5.74, 6) is 5.93. The largest absolute Gasteiger partial charge is 0.466 e. The van der Waals surface area contributed by atoms with Gasteiger partial charge in [0.2, 0.25) is 0 Å². The first-order valence-electron chi connectivity index (χ1n) is 53.0. The highest BCUT2D eigenvalue weighted by atomic mass is 16.8. The number of Topliss-reactive ketones (excluding diaryl/α,β-unsaturated/α-hetero) is 6. The Morgan fingerprint density at radius 3 is 1.41 bits per heavy atom. The van der Waals surface area contributed by atoms with Gasteiger partial charge in [-0.05, 0) is 293 Å². The van der Waals surface area contributed by atoms with Crippen molar-refractivity contribution in [2.75, 3.05) is 99.1 Å². The van der Waals surface area contributed by atoms with Crippen LogP contribution in [0.1, 0.15) is 347 Å². The maximum atomic E-state index is 13.2. The van der Waals surface area contributed by atoms with Crippen LogP contribution in [0.2, 0.25) is 0 Å². The number of fused-ring (bicyclic) bond motifs is 20. The quantitative estimate of drug-likeness (QED) is 0.0717. The lowest BCUT2D eigenvalue weighted by atomic mass is 9.47. The minimum absolute atomic E-state index is 0. The average molecular weight is 1870 g/mol. The molecule has 7 aliphatic heterocycles. The summed E-state index contributed by atoms with van der Waals surface area (Å²) in [7, 11) is 0. The predicted molar refractivity (Wildman–Crippen MR) is 502 cm³/mol. The molecule has 0 amide bonds. The fourth-order valence-corrected chi connectivity index (χ4v) is 33.4. The number of esters is 1. The molecule has 12 unspecified atom stereocenters. The zero-order chi connectivity index (χ0) is 93.8. The fraction of sp³-hybridized carbons (Fsp3) is 0.856. The topological polar surface area (TPSA) is 275 Å². The Balaban J connectivity index is 0.000000113. The van der Waals surface area contributed by atoms with E-state index in [2.05, 4.69) is 68.0 Å². The summed E-state index contributed by atoms with van der Waals surface area (Å²) in [6.45, 7) is 40.1. The maximum absolute atomic E-state index is 13.2. The number of carbonyl (C=O) groups is 8. The molecule has 7 heterocycles. The number of carbonyl (C=O) groups excluding carboxylic acids is 8. The number of ether oxygens (including phenoxy) is 15. The Bertz CT molecular complexity index is 4470. The standard InChI is InChI=1S/C23H36O5.C22H32O5.C21H30O3.C19H26O2.C13H18O3.C12H20O5.CH4/c1-20(10-11-22(3)25-12-13-26-22)17-6-8-21(2)18(16(17)4-5-19(20)24)7-9-23(21)27-14-15-28-23;1-20-8-5-15-16(18(20)7-10-22(20)26-13-14-27-22)3-4-19(23)17(15)6-9-21(2)24-11-12-25-21;1-19-9-10-21(23-11-12-24-21)13-14(19)3-4-15-16-5-6-18(22)20(16,2)8-7-17(15)19;1-18-9-7-13(20)11-12(18)3-4-14-15-5-6-17(21)19(15,2)10-8-16(14)18;1-9-10-3-6-13(15-7-8-16-13)12(10,2)5-4-11(9)14;1-3-15-11(14)9-10(13)5-4-6-12(2)16-7-8-17-12;/h16-18H,4-15H2,1-3H3;16,18H,3-14H2,1-2H3;13,15-17H,3-12H2,1-2H3;11,14-16H,3-10H2,1-2H3;10H,1,3-8H2,2H3;3-9H2,1-2H3;1H4/t16?,17?,18?,20-,21+;16?,18?,20-;15?,16?,17?,19-,20-;14?,15?,16?,18-,19-;10?,12-;;/m01111../s1. The molecule has 23 aliphatic rings. The third-order valence-electron chi connectivity index (χ3n) is 41.3. The zero-order valence-corrected chi connectivity index (χ0v) is 83.1. The lowest BCUT2D eigenvalue weighted by Crippen LogP contribution is -2.56. The van der Waals surface area contributed by atoms with Gasteiger partial charge in [-0.3, -0.25) is 38.4 Å². The summed E-state index contributed by atoms with van der Waals surface area (Å²) in [4.78, 5) is 96.8. The van der Waals surface area contributed by atoms with Gasteiger partial charge in [-0.1, -0.05) is 86.1 Å². The van der Waals surface area contributed by atoms with Gasteiger partial charge in [0.05, 0.1) is 99.1 Å². The SMILES string of the molecule is C.C=C1C(=O)CC[C@]2(C)C1CCC21OCCO1.CC1(CCC2=C3CC[C@]4(C)C(CCC45OCCO5)C3CCC2=O)OCCO1.CC1(CC[C@]2(C)C(=O)CCC3C2CC[C@]2(C)C3CCC23OCCO3)OCCO1.CCOC(=O)CC(=O)CCCC1(C)OCCO1.C[C@@]12CCC3C(CCC4=CC(=O)CC[C@]43C)C1CCC2=O.C[C@@]12CCC3C(CCC4=CC5(CC[C@]43C)OCCO5)C1CCC2=O. The molecule has 0 aromatic heterocycles. The van der Waals surface area contributed by atoms with E-state index < -0.39 is 34.9 Å². The first kappa shape index (κ1) is 101. The van der Waals surface area contributed by atoms with Gasteiger partial charge in [0, 0.05) is 122 Å². The molecule has 23 nitrogen and oxygen atoms in total. The molecule has 7 saturated heterocycles. The Hall–Kier alpha value is -4.44. The molecule has 0 N–H and O–H groups in total. The second kappa shape index (κ2) is 38.7. The van der Waals surface area contributed by atoms with Gasteiger partial charge in [0.15, 0.2) is 57.9 Å². The third kappa shape index (κ3) is 17.8. The number of ketones is 7. The molecule has 0 aromatic carbocycles. The molecule has 13 saturated carbocycles.